The molecule has 50 heavy (non-hydrogen) atoms. The van der Waals surface area contributed by atoms with E-state index in [9.17, 15) is 9.90 Å². The Labute approximate surface area is 294 Å². The lowest BCUT2D eigenvalue weighted by atomic mass is 9.94. The fourth-order valence-corrected chi connectivity index (χ4v) is 6.30. The Kier molecular flexibility index (Phi) is 9.35. The zero-order chi connectivity index (χ0) is 34.5. The van der Waals surface area contributed by atoms with Gasteiger partial charge in [-0.1, -0.05) is 123 Å². The number of nitrogens with one attached hydrogen (secondary N) is 1. The van der Waals surface area contributed by atoms with E-state index in [2.05, 4.69) is 94.8 Å². The van der Waals surface area contributed by atoms with E-state index in [1.165, 1.54) is 0 Å². The standard InChI is InChI=1S/C46H38N2O2/c1-3-32(2)46(50)47-39-26-24-33(25-27-39)38-28-43(36-20-12-6-13-21-36)48(44(29-38)37-22-14-7-15-23-37)40-30-41(34-16-8-4-9-17-34)45(49)42(31-40)35-18-10-5-11-19-35/h4-32,49H,3H2,1-2H3/p+1. The number of carbonyl (C=O) groups is 1. The largest absolute Gasteiger partial charge is 0.507 e. The molecule has 0 bridgehead atoms. The zero-order valence-electron chi connectivity index (χ0n) is 28.3. The number of benzene rings is 6. The van der Waals surface area contributed by atoms with Crippen molar-refractivity contribution < 1.29 is 14.5 Å². The van der Waals surface area contributed by atoms with Crippen molar-refractivity contribution in [2.45, 2.75) is 20.3 Å². The summed E-state index contributed by atoms with van der Waals surface area (Å²) in [5, 5.41) is 14.9. The van der Waals surface area contributed by atoms with Gasteiger partial charge < -0.3 is 10.4 Å². The number of phenols is 1. The van der Waals surface area contributed by atoms with Gasteiger partial charge in [0.05, 0.1) is 0 Å². The molecule has 4 nitrogen and oxygen atoms in total. The van der Waals surface area contributed by atoms with Crippen molar-refractivity contribution in [3.63, 3.8) is 0 Å². The van der Waals surface area contributed by atoms with Crippen molar-refractivity contribution in [2.24, 2.45) is 5.92 Å². The van der Waals surface area contributed by atoms with Crippen LogP contribution in [0.3, 0.4) is 0 Å². The van der Waals surface area contributed by atoms with Gasteiger partial charge in [0.1, 0.15) is 5.75 Å². The van der Waals surface area contributed by atoms with E-state index < -0.39 is 0 Å². The zero-order valence-corrected chi connectivity index (χ0v) is 28.3. The van der Waals surface area contributed by atoms with Crippen LogP contribution in [0.25, 0.3) is 61.6 Å². The van der Waals surface area contributed by atoms with E-state index in [4.69, 9.17) is 0 Å². The lowest BCUT2D eigenvalue weighted by molar-refractivity contribution is -0.572. The molecule has 2 N–H and O–H groups in total. The predicted octanol–water partition coefficient (Wildman–Crippen LogP) is 11.0. The number of nitrogens with zero attached hydrogens (tertiary/aromatic N) is 1. The highest BCUT2D eigenvalue weighted by Crippen LogP contribution is 2.41. The predicted molar refractivity (Wildman–Crippen MR) is 205 cm³/mol. The van der Waals surface area contributed by atoms with Gasteiger partial charge in [-0.2, -0.15) is 4.57 Å². The van der Waals surface area contributed by atoms with Crippen molar-refractivity contribution in [1.29, 1.82) is 0 Å². The molecule has 0 aliphatic carbocycles. The molecule has 0 spiro atoms. The van der Waals surface area contributed by atoms with Crippen LogP contribution in [0.2, 0.25) is 0 Å². The Morgan fingerprint density at radius 1 is 0.560 bits per heavy atom. The minimum atomic E-state index is -0.0502. The first-order valence-electron chi connectivity index (χ1n) is 17.1. The quantitative estimate of drug-likeness (QED) is 0.153. The fraction of sp³-hybridized carbons (Fsp3) is 0.0870. The van der Waals surface area contributed by atoms with Gasteiger partial charge in [0.2, 0.25) is 23.0 Å². The van der Waals surface area contributed by atoms with Crippen molar-refractivity contribution in [1.82, 2.24) is 0 Å². The molecule has 6 aromatic carbocycles. The molecule has 0 aliphatic rings. The second-order valence-electron chi connectivity index (χ2n) is 12.6. The molecule has 1 amide bonds. The maximum Gasteiger partial charge on any atom is 0.227 e. The third-order valence-electron chi connectivity index (χ3n) is 9.27. The van der Waals surface area contributed by atoms with E-state index in [-0.39, 0.29) is 17.6 Å². The molecule has 244 valence electrons. The van der Waals surface area contributed by atoms with Crippen LogP contribution in [0.4, 0.5) is 5.69 Å². The monoisotopic (exact) mass is 651 g/mol. The lowest BCUT2D eigenvalue weighted by Gasteiger charge is -2.16. The molecular weight excluding hydrogens is 613 g/mol. The molecule has 4 heteroatoms. The molecule has 0 saturated heterocycles. The number of hydrogen-bond donors (Lipinski definition) is 2. The number of carbonyl (C=O) groups excluding carboxylic acids is 1. The second kappa shape index (κ2) is 14.5. The van der Waals surface area contributed by atoms with Crippen LogP contribution < -0.4 is 9.88 Å². The Bertz CT molecular complexity index is 2110. The molecule has 0 saturated carbocycles. The molecule has 0 aliphatic heterocycles. The van der Waals surface area contributed by atoms with Gasteiger partial charge in [-0.3, -0.25) is 4.79 Å². The first-order chi connectivity index (χ1) is 24.5. The third-order valence-corrected chi connectivity index (χ3v) is 9.27. The van der Waals surface area contributed by atoms with Crippen LogP contribution in [0.15, 0.2) is 170 Å². The summed E-state index contributed by atoms with van der Waals surface area (Å²) in [4.78, 5) is 12.6. The molecule has 1 heterocycles. The SMILES string of the molecule is CCC(C)C(=O)Nc1ccc(-c2cc(-c3ccccc3)[n+](-c3cc(-c4ccccc4)c(O)c(-c4ccccc4)c3)c(-c3ccccc3)c2)cc1. The van der Waals surface area contributed by atoms with Crippen LogP contribution in [0.1, 0.15) is 20.3 Å². The highest BCUT2D eigenvalue weighted by atomic mass is 16.3. The average molecular weight is 652 g/mol. The van der Waals surface area contributed by atoms with Gasteiger partial charge in [-0.05, 0) is 65.1 Å². The van der Waals surface area contributed by atoms with Crippen LogP contribution in [0.5, 0.6) is 5.75 Å². The smallest absolute Gasteiger partial charge is 0.227 e. The van der Waals surface area contributed by atoms with Crippen molar-refractivity contribution in [2.75, 3.05) is 5.32 Å². The normalized spacial score (nSPS) is 11.6. The van der Waals surface area contributed by atoms with Gasteiger partial charge in [-0.15, -0.1) is 0 Å². The summed E-state index contributed by atoms with van der Waals surface area (Å²) in [6, 6.07) is 57.7. The average Bonchev–Trinajstić information content (AvgIpc) is 3.19. The van der Waals surface area contributed by atoms with Crippen LogP contribution >= 0.6 is 0 Å². The number of aromatic nitrogens is 1. The number of anilines is 1. The number of pyridine rings is 1. The Hall–Kier alpha value is -6.26. The van der Waals surface area contributed by atoms with Crippen molar-refractivity contribution in [3.05, 3.63) is 170 Å². The Balaban J connectivity index is 1.49. The topological polar surface area (TPSA) is 53.2 Å². The molecule has 1 unspecified atom stereocenters. The summed E-state index contributed by atoms with van der Waals surface area (Å²) >= 11 is 0. The number of aromatic hydroxyl groups is 1. The third kappa shape index (κ3) is 6.69. The van der Waals surface area contributed by atoms with E-state index in [0.29, 0.717) is 0 Å². The van der Waals surface area contributed by atoms with Crippen molar-refractivity contribution in [3.8, 4) is 67.3 Å². The van der Waals surface area contributed by atoms with Gasteiger partial charge in [0, 0.05) is 58.1 Å². The van der Waals surface area contributed by atoms with Crippen LogP contribution in [-0.4, -0.2) is 11.0 Å². The van der Waals surface area contributed by atoms with Crippen molar-refractivity contribution >= 4 is 11.6 Å². The maximum absolute atomic E-state index is 12.6. The molecule has 1 atom stereocenters. The van der Waals surface area contributed by atoms with Gasteiger partial charge in [0.25, 0.3) is 0 Å². The fourth-order valence-electron chi connectivity index (χ4n) is 6.30. The molecular formula is C46H39N2O2+. The highest BCUT2D eigenvalue weighted by Gasteiger charge is 2.27. The maximum atomic E-state index is 12.6. The summed E-state index contributed by atoms with van der Waals surface area (Å²) in [5.41, 5.74) is 11.3. The Morgan fingerprint density at radius 3 is 1.40 bits per heavy atom. The van der Waals surface area contributed by atoms with Gasteiger partial charge in [-0.25, -0.2) is 0 Å². The molecule has 1 aromatic heterocycles. The van der Waals surface area contributed by atoms with Gasteiger partial charge in [0.15, 0.2) is 0 Å². The van der Waals surface area contributed by atoms with E-state index in [1.807, 2.05) is 98.8 Å². The number of phenolic OH excluding ortho intramolecular Hbond substituents is 1. The molecule has 7 rings (SSSR count). The minimum Gasteiger partial charge on any atom is -0.507 e. The van der Waals surface area contributed by atoms with E-state index in [0.717, 1.165) is 73.7 Å². The number of hydrogen-bond acceptors (Lipinski definition) is 2. The summed E-state index contributed by atoms with van der Waals surface area (Å²) in [7, 11) is 0. The minimum absolute atomic E-state index is 0.0253. The first kappa shape index (κ1) is 32.3. The number of amides is 1. The van der Waals surface area contributed by atoms with E-state index >= 15 is 0 Å². The number of rotatable bonds is 9. The van der Waals surface area contributed by atoms with Crippen LogP contribution in [0, 0.1) is 5.92 Å². The summed E-state index contributed by atoms with van der Waals surface area (Å²) in [6.45, 7) is 3.96. The summed E-state index contributed by atoms with van der Waals surface area (Å²) in [6.07, 6.45) is 0.791. The lowest BCUT2D eigenvalue weighted by Crippen LogP contribution is -2.36. The first-order valence-corrected chi connectivity index (χ1v) is 17.1. The summed E-state index contributed by atoms with van der Waals surface area (Å²) < 4.78 is 2.30. The van der Waals surface area contributed by atoms with Crippen LogP contribution in [-0.2, 0) is 4.79 Å². The second-order valence-corrected chi connectivity index (χ2v) is 12.6. The highest BCUT2D eigenvalue weighted by molar-refractivity contribution is 5.92. The Morgan fingerprint density at radius 2 is 0.980 bits per heavy atom. The molecule has 7 aromatic rings. The van der Waals surface area contributed by atoms with E-state index in [1.54, 1.807) is 0 Å². The summed E-state index contributed by atoms with van der Waals surface area (Å²) in [5.74, 6) is 0.217. The van der Waals surface area contributed by atoms with Gasteiger partial charge >= 0.3 is 0 Å². The molecule has 0 radical (unpaired) electrons. The molecule has 0 fully saturated rings.